The molecule has 1 aliphatic rings. The molecule has 114 valence electrons. The minimum atomic E-state index is -0.0919. The Balaban J connectivity index is 2.03. The molecular weight excluding hydrogens is 284 g/mol. The highest BCUT2D eigenvalue weighted by atomic mass is 35.5. The Labute approximate surface area is 131 Å². The summed E-state index contributed by atoms with van der Waals surface area (Å²) in [5, 5.41) is -0.0919. The zero-order chi connectivity index (χ0) is 14.8. The fourth-order valence-corrected chi connectivity index (χ4v) is 3.59. The van der Waals surface area contributed by atoms with E-state index < -0.39 is 0 Å². The lowest BCUT2D eigenvalue weighted by Gasteiger charge is -2.23. The highest BCUT2D eigenvalue weighted by Gasteiger charge is 2.21. The molecule has 21 heavy (non-hydrogen) atoms. The Bertz CT molecular complexity index is 615. The van der Waals surface area contributed by atoms with Crippen LogP contribution in [0.15, 0.2) is 18.2 Å². The van der Waals surface area contributed by atoms with Gasteiger partial charge in [0.15, 0.2) is 0 Å². The molecule has 1 saturated carbocycles. The average molecular weight is 307 g/mol. The van der Waals surface area contributed by atoms with Crippen LogP contribution in [0.4, 0.5) is 0 Å². The van der Waals surface area contributed by atoms with E-state index in [4.69, 9.17) is 21.3 Å². The lowest BCUT2D eigenvalue weighted by atomic mass is 9.89. The molecule has 4 heteroatoms. The van der Waals surface area contributed by atoms with Crippen molar-refractivity contribution in [2.75, 3.05) is 7.11 Å². The second kappa shape index (κ2) is 6.27. The molecule has 1 aliphatic carbocycles. The van der Waals surface area contributed by atoms with Crippen LogP contribution in [0, 0.1) is 5.92 Å². The minimum Gasteiger partial charge on any atom is -0.494 e. The van der Waals surface area contributed by atoms with Crippen molar-refractivity contribution in [3.05, 3.63) is 24.0 Å². The number of hydrogen-bond acceptors (Lipinski definition) is 2. The number of methoxy groups -OCH3 is 1. The number of nitrogens with zero attached hydrogens (tertiary/aromatic N) is 2. The fourth-order valence-electron chi connectivity index (χ4n) is 3.43. The normalized spacial score (nSPS) is 18.0. The van der Waals surface area contributed by atoms with Crippen LogP contribution in [0.3, 0.4) is 0 Å². The number of para-hydroxylation sites is 1. The summed E-state index contributed by atoms with van der Waals surface area (Å²) in [7, 11) is 1.69. The van der Waals surface area contributed by atoms with Crippen molar-refractivity contribution in [2.24, 2.45) is 5.92 Å². The maximum absolute atomic E-state index is 6.37. The maximum atomic E-state index is 6.37. The van der Waals surface area contributed by atoms with Gasteiger partial charge in [0, 0.05) is 6.54 Å². The molecule has 3 nitrogen and oxygen atoms in total. The number of aromatic nitrogens is 2. The van der Waals surface area contributed by atoms with E-state index in [2.05, 4.69) is 10.6 Å². The van der Waals surface area contributed by atoms with Crippen LogP contribution in [0.2, 0.25) is 0 Å². The summed E-state index contributed by atoms with van der Waals surface area (Å²) in [5.41, 5.74) is 2.07. The van der Waals surface area contributed by atoms with Crippen LogP contribution >= 0.6 is 11.6 Å². The molecule has 0 amide bonds. The van der Waals surface area contributed by atoms with Gasteiger partial charge in [-0.25, -0.2) is 4.98 Å². The largest absolute Gasteiger partial charge is 0.494 e. The zero-order valence-corrected chi connectivity index (χ0v) is 13.6. The molecule has 0 aliphatic heterocycles. The van der Waals surface area contributed by atoms with Crippen LogP contribution < -0.4 is 4.74 Å². The molecule has 0 radical (unpaired) electrons. The van der Waals surface area contributed by atoms with Gasteiger partial charge in [-0.1, -0.05) is 25.3 Å². The highest BCUT2D eigenvalue weighted by Crippen LogP contribution is 2.33. The third kappa shape index (κ3) is 2.89. The molecule has 1 heterocycles. The average Bonchev–Trinajstić information content (AvgIpc) is 2.87. The van der Waals surface area contributed by atoms with Crippen LogP contribution in [-0.4, -0.2) is 16.7 Å². The Morgan fingerprint density at radius 1 is 1.33 bits per heavy atom. The summed E-state index contributed by atoms with van der Waals surface area (Å²) in [6.07, 6.45) is 6.73. The monoisotopic (exact) mass is 306 g/mol. The molecule has 0 spiro atoms. The highest BCUT2D eigenvalue weighted by molar-refractivity contribution is 6.20. The predicted molar refractivity (Wildman–Crippen MR) is 87.1 cm³/mol. The number of hydrogen-bond donors (Lipinski definition) is 0. The first-order valence-electron chi connectivity index (χ1n) is 7.88. The Morgan fingerprint density at radius 3 is 2.76 bits per heavy atom. The van der Waals surface area contributed by atoms with Gasteiger partial charge < -0.3 is 9.30 Å². The molecule has 1 aromatic carbocycles. The van der Waals surface area contributed by atoms with E-state index in [0.29, 0.717) is 0 Å². The van der Waals surface area contributed by atoms with Gasteiger partial charge in [0.2, 0.25) is 0 Å². The van der Waals surface area contributed by atoms with Crippen molar-refractivity contribution in [3.63, 3.8) is 0 Å². The number of halogens is 1. The molecule has 0 bridgehead atoms. The van der Waals surface area contributed by atoms with Crippen LogP contribution in [-0.2, 0) is 6.54 Å². The van der Waals surface area contributed by atoms with E-state index in [1.165, 1.54) is 32.1 Å². The smallest absolute Gasteiger partial charge is 0.146 e. The van der Waals surface area contributed by atoms with E-state index in [1.54, 1.807) is 7.11 Å². The van der Waals surface area contributed by atoms with Gasteiger partial charge in [-0.3, -0.25) is 0 Å². The third-order valence-corrected chi connectivity index (χ3v) is 4.71. The van der Waals surface area contributed by atoms with Crippen molar-refractivity contribution < 1.29 is 4.74 Å². The molecule has 1 aromatic heterocycles. The molecule has 1 fully saturated rings. The van der Waals surface area contributed by atoms with Gasteiger partial charge in [0.05, 0.1) is 18.0 Å². The third-order valence-electron chi connectivity index (χ3n) is 4.51. The summed E-state index contributed by atoms with van der Waals surface area (Å²) >= 11 is 6.37. The molecular formula is C17H23ClN2O. The first kappa shape index (κ1) is 14.7. The van der Waals surface area contributed by atoms with Gasteiger partial charge in [0.1, 0.15) is 17.1 Å². The van der Waals surface area contributed by atoms with Crippen molar-refractivity contribution in [3.8, 4) is 5.75 Å². The Kier molecular flexibility index (Phi) is 4.39. The van der Waals surface area contributed by atoms with Gasteiger partial charge in [-0.15, -0.1) is 11.6 Å². The van der Waals surface area contributed by atoms with Crippen molar-refractivity contribution in [1.82, 2.24) is 9.55 Å². The molecule has 1 unspecified atom stereocenters. The first-order valence-corrected chi connectivity index (χ1v) is 8.31. The van der Waals surface area contributed by atoms with Gasteiger partial charge in [-0.2, -0.15) is 0 Å². The number of ether oxygens (including phenoxy) is 1. The Hall–Kier alpha value is -1.22. The second-order valence-corrected chi connectivity index (χ2v) is 6.68. The number of fused-ring (bicyclic) bond motifs is 1. The van der Waals surface area contributed by atoms with Gasteiger partial charge >= 0.3 is 0 Å². The Morgan fingerprint density at radius 2 is 2.10 bits per heavy atom. The fraction of sp³-hybridized carbons (Fsp3) is 0.588. The topological polar surface area (TPSA) is 27.1 Å². The van der Waals surface area contributed by atoms with Gasteiger partial charge in [0.25, 0.3) is 0 Å². The molecule has 0 saturated heterocycles. The van der Waals surface area contributed by atoms with Crippen molar-refractivity contribution in [1.29, 1.82) is 0 Å². The van der Waals surface area contributed by atoms with E-state index in [-0.39, 0.29) is 5.38 Å². The van der Waals surface area contributed by atoms with E-state index in [1.807, 2.05) is 19.1 Å². The van der Waals surface area contributed by atoms with E-state index in [0.717, 1.165) is 35.1 Å². The summed E-state index contributed by atoms with van der Waals surface area (Å²) in [4.78, 5) is 4.75. The SMILES string of the molecule is COc1cccc2c1nc(C(C)Cl)n2CC1CCCCC1. The summed E-state index contributed by atoms with van der Waals surface area (Å²) in [6.45, 7) is 3.02. The van der Waals surface area contributed by atoms with E-state index in [9.17, 15) is 0 Å². The summed E-state index contributed by atoms with van der Waals surface area (Å²) < 4.78 is 7.76. The zero-order valence-electron chi connectivity index (χ0n) is 12.8. The van der Waals surface area contributed by atoms with Crippen LogP contribution in [0.25, 0.3) is 11.0 Å². The number of rotatable bonds is 4. The molecule has 0 N–H and O–H groups in total. The molecule has 1 atom stereocenters. The summed E-state index contributed by atoms with van der Waals surface area (Å²) in [5.74, 6) is 2.53. The predicted octanol–water partition coefficient (Wildman–Crippen LogP) is 4.93. The standard InChI is InChI=1S/C17H23ClN2O/c1-12(18)17-19-16-14(9-6-10-15(16)21-2)20(17)11-13-7-4-3-5-8-13/h6,9-10,12-13H,3-5,7-8,11H2,1-2H3. The number of imidazole rings is 1. The molecule has 3 rings (SSSR count). The summed E-state index contributed by atoms with van der Waals surface area (Å²) in [6, 6.07) is 6.11. The minimum absolute atomic E-state index is 0.0919. The first-order chi connectivity index (χ1) is 10.2. The van der Waals surface area contributed by atoms with Crippen molar-refractivity contribution in [2.45, 2.75) is 50.9 Å². The van der Waals surface area contributed by atoms with Crippen LogP contribution in [0.1, 0.15) is 50.2 Å². The second-order valence-electron chi connectivity index (χ2n) is 6.03. The quantitative estimate of drug-likeness (QED) is 0.749. The van der Waals surface area contributed by atoms with E-state index >= 15 is 0 Å². The van der Waals surface area contributed by atoms with Crippen molar-refractivity contribution >= 4 is 22.6 Å². The number of alkyl halides is 1. The van der Waals surface area contributed by atoms with Gasteiger partial charge in [-0.05, 0) is 37.8 Å². The lowest BCUT2D eigenvalue weighted by molar-refractivity contribution is 0.319. The number of benzene rings is 1. The lowest BCUT2D eigenvalue weighted by Crippen LogP contribution is -2.16. The molecule has 2 aromatic rings. The maximum Gasteiger partial charge on any atom is 0.146 e. The van der Waals surface area contributed by atoms with Crippen LogP contribution in [0.5, 0.6) is 5.75 Å².